The summed E-state index contributed by atoms with van der Waals surface area (Å²) < 4.78 is 30.2. The van der Waals surface area contributed by atoms with Gasteiger partial charge in [-0.05, 0) is 59.2 Å². The standard InChI is InChI=1S/C26H26N6O3S2/c1-19-11-13-23(14-12-19)37(34,35)31-18-21-8-6-5-7-20(21)17-24(31)25(33)27-15-16-36-26-28-29-30-32(26)22-9-3-2-4-10-22/h2-14,24H,15-18H2,1H3,(H,27,33). The Hall–Kier alpha value is -3.54. The van der Waals surface area contributed by atoms with Crippen molar-refractivity contribution >= 4 is 27.7 Å². The van der Waals surface area contributed by atoms with E-state index in [0.717, 1.165) is 22.4 Å². The number of nitrogens with one attached hydrogen (secondary N) is 1. The molecule has 0 radical (unpaired) electrons. The van der Waals surface area contributed by atoms with E-state index in [2.05, 4.69) is 20.8 Å². The molecule has 37 heavy (non-hydrogen) atoms. The maximum atomic E-state index is 13.6. The topological polar surface area (TPSA) is 110 Å². The maximum Gasteiger partial charge on any atom is 0.244 e. The van der Waals surface area contributed by atoms with E-state index in [0.29, 0.717) is 23.9 Å². The summed E-state index contributed by atoms with van der Waals surface area (Å²) in [6, 6.07) is 23.1. The molecule has 0 saturated carbocycles. The van der Waals surface area contributed by atoms with Gasteiger partial charge in [0.05, 0.1) is 10.6 Å². The molecule has 5 rings (SSSR count). The van der Waals surface area contributed by atoms with E-state index >= 15 is 0 Å². The zero-order valence-corrected chi connectivity index (χ0v) is 21.8. The van der Waals surface area contributed by atoms with E-state index in [-0.39, 0.29) is 17.3 Å². The number of thioether (sulfide) groups is 1. The van der Waals surface area contributed by atoms with Crippen LogP contribution in [0.15, 0.2) is 88.9 Å². The molecular weight excluding hydrogens is 508 g/mol. The molecule has 1 atom stereocenters. The summed E-state index contributed by atoms with van der Waals surface area (Å²) in [5.74, 6) is 0.195. The number of carbonyl (C=O) groups is 1. The Morgan fingerprint density at radius 3 is 2.46 bits per heavy atom. The Bertz CT molecular complexity index is 1490. The summed E-state index contributed by atoms with van der Waals surface area (Å²) in [4.78, 5) is 13.5. The lowest BCUT2D eigenvalue weighted by Gasteiger charge is -2.35. The molecule has 0 saturated heterocycles. The predicted octanol–water partition coefficient (Wildman–Crippen LogP) is 2.99. The molecule has 1 unspecified atom stereocenters. The highest BCUT2D eigenvalue weighted by molar-refractivity contribution is 7.99. The molecule has 1 N–H and O–H groups in total. The highest BCUT2D eigenvalue weighted by atomic mass is 32.2. The highest BCUT2D eigenvalue weighted by Crippen LogP contribution is 2.29. The minimum absolute atomic E-state index is 0.144. The Morgan fingerprint density at radius 2 is 1.70 bits per heavy atom. The Balaban J connectivity index is 1.29. The quantitative estimate of drug-likeness (QED) is 0.273. The van der Waals surface area contributed by atoms with Crippen LogP contribution in [0.2, 0.25) is 0 Å². The van der Waals surface area contributed by atoms with Crippen molar-refractivity contribution in [3.8, 4) is 5.69 Å². The van der Waals surface area contributed by atoms with E-state index in [4.69, 9.17) is 0 Å². The molecule has 0 aliphatic carbocycles. The molecule has 3 aromatic carbocycles. The van der Waals surface area contributed by atoms with Gasteiger partial charge in [0.1, 0.15) is 6.04 Å². The zero-order valence-electron chi connectivity index (χ0n) is 20.2. The van der Waals surface area contributed by atoms with Gasteiger partial charge in [0.2, 0.25) is 21.1 Å². The van der Waals surface area contributed by atoms with Crippen LogP contribution in [0.3, 0.4) is 0 Å². The van der Waals surface area contributed by atoms with Gasteiger partial charge >= 0.3 is 0 Å². The lowest BCUT2D eigenvalue weighted by molar-refractivity contribution is -0.125. The molecule has 1 aliphatic heterocycles. The number of amides is 1. The molecule has 0 fully saturated rings. The number of nitrogens with zero attached hydrogens (tertiary/aromatic N) is 5. The molecule has 1 aliphatic rings. The van der Waals surface area contributed by atoms with E-state index in [1.807, 2.05) is 61.5 Å². The molecule has 9 nitrogen and oxygen atoms in total. The van der Waals surface area contributed by atoms with Gasteiger partial charge in [-0.15, -0.1) is 5.10 Å². The first-order valence-electron chi connectivity index (χ1n) is 11.8. The Morgan fingerprint density at radius 1 is 1.00 bits per heavy atom. The molecule has 0 spiro atoms. The number of hydrogen-bond donors (Lipinski definition) is 1. The van der Waals surface area contributed by atoms with Gasteiger partial charge in [0.15, 0.2) is 0 Å². The summed E-state index contributed by atoms with van der Waals surface area (Å²) in [6.45, 7) is 2.38. The van der Waals surface area contributed by atoms with Crippen molar-refractivity contribution < 1.29 is 13.2 Å². The number of sulfonamides is 1. The predicted molar refractivity (Wildman–Crippen MR) is 141 cm³/mol. The van der Waals surface area contributed by atoms with Crippen LogP contribution in [-0.4, -0.2) is 57.2 Å². The van der Waals surface area contributed by atoms with Crippen molar-refractivity contribution in [2.45, 2.75) is 36.0 Å². The van der Waals surface area contributed by atoms with E-state index in [1.165, 1.54) is 16.1 Å². The van der Waals surface area contributed by atoms with Crippen LogP contribution in [0.4, 0.5) is 0 Å². The fraction of sp³-hybridized carbons (Fsp3) is 0.231. The van der Waals surface area contributed by atoms with Gasteiger partial charge in [-0.2, -0.15) is 8.99 Å². The summed E-state index contributed by atoms with van der Waals surface area (Å²) in [7, 11) is -3.88. The summed E-state index contributed by atoms with van der Waals surface area (Å²) in [6.07, 6.45) is 0.312. The second-order valence-electron chi connectivity index (χ2n) is 8.70. The van der Waals surface area contributed by atoms with Crippen LogP contribution in [0, 0.1) is 6.92 Å². The van der Waals surface area contributed by atoms with Gasteiger partial charge in [-0.1, -0.05) is 71.9 Å². The van der Waals surface area contributed by atoms with Crippen molar-refractivity contribution in [2.75, 3.05) is 12.3 Å². The largest absolute Gasteiger partial charge is 0.354 e. The second-order valence-corrected chi connectivity index (χ2v) is 11.7. The van der Waals surface area contributed by atoms with Gasteiger partial charge in [-0.3, -0.25) is 4.79 Å². The van der Waals surface area contributed by atoms with Crippen LogP contribution in [-0.2, 0) is 27.8 Å². The number of hydrogen-bond acceptors (Lipinski definition) is 7. The molecule has 1 amide bonds. The number of rotatable bonds is 8. The van der Waals surface area contributed by atoms with Crippen LogP contribution in [0.1, 0.15) is 16.7 Å². The monoisotopic (exact) mass is 534 g/mol. The average Bonchev–Trinajstić information content (AvgIpc) is 3.39. The third-order valence-corrected chi connectivity index (χ3v) is 9.00. The van der Waals surface area contributed by atoms with Crippen molar-refractivity contribution in [2.24, 2.45) is 0 Å². The average molecular weight is 535 g/mol. The maximum absolute atomic E-state index is 13.6. The van der Waals surface area contributed by atoms with Crippen LogP contribution in [0.25, 0.3) is 5.69 Å². The minimum atomic E-state index is -3.88. The first-order chi connectivity index (χ1) is 17.9. The summed E-state index contributed by atoms with van der Waals surface area (Å²) in [5, 5.41) is 15.4. The normalized spacial score (nSPS) is 15.8. The number of aryl methyl sites for hydroxylation is 1. The molecule has 0 bridgehead atoms. The number of tetrazole rings is 1. The molecule has 190 valence electrons. The SMILES string of the molecule is Cc1ccc(S(=O)(=O)N2Cc3ccccc3CC2C(=O)NCCSc2nnnn2-c2ccccc2)cc1. The lowest BCUT2D eigenvalue weighted by Crippen LogP contribution is -2.52. The fourth-order valence-corrected chi connectivity index (χ4v) is 6.57. The van der Waals surface area contributed by atoms with Crippen molar-refractivity contribution in [1.82, 2.24) is 29.8 Å². The molecular formula is C26H26N6O3S2. The van der Waals surface area contributed by atoms with Gasteiger partial charge < -0.3 is 5.32 Å². The first-order valence-corrected chi connectivity index (χ1v) is 14.3. The smallest absolute Gasteiger partial charge is 0.244 e. The van der Waals surface area contributed by atoms with Gasteiger partial charge in [-0.25, -0.2) is 8.42 Å². The molecule has 2 heterocycles. The number of benzene rings is 3. The van der Waals surface area contributed by atoms with Crippen molar-refractivity contribution in [3.05, 3.63) is 95.6 Å². The Labute approximate surface area is 219 Å². The van der Waals surface area contributed by atoms with E-state index < -0.39 is 16.1 Å². The van der Waals surface area contributed by atoms with Crippen LogP contribution >= 0.6 is 11.8 Å². The van der Waals surface area contributed by atoms with E-state index in [9.17, 15) is 13.2 Å². The van der Waals surface area contributed by atoms with Crippen LogP contribution in [0.5, 0.6) is 0 Å². The lowest BCUT2D eigenvalue weighted by atomic mass is 9.95. The minimum Gasteiger partial charge on any atom is -0.354 e. The molecule has 11 heteroatoms. The first kappa shape index (κ1) is 25.1. The summed E-state index contributed by atoms with van der Waals surface area (Å²) in [5.41, 5.74) is 3.70. The molecule has 1 aromatic heterocycles. The number of fused-ring (bicyclic) bond motifs is 1. The summed E-state index contributed by atoms with van der Waals surface area (Å²) >= 11 is 1.41. The Kier molecular flexibility index (Phi) is 7.36. The fourth-order valence-electron chi connectivity index (χ4n) is 4.26. The zero-order chi connectivity index (χ0) is 25.8. The number of aromatic nitrogens is 4. The number of carbonyl (C=O) groups excluding carboxylic acids is 1. The van der Waals surface area contributed by atoms with E-state index in [1.54, 1.807) is 28.9 Å². The van der Waals surface area contributed by atoms with Crippen molar-refractivity contribution in [3.63, 3.8) is 0 Å². The molecule has 4 aromatic rings. The highest BCUT2D eigenvalue weighted by Gasteiger charge is 2.39. The third kappa shape index (κ3) is 5.43. The third-order valence-electron chi connectivity index (χ3n) is 6.21. The van der Waals surface area contributed by atoms with Gasteiger partial charge in [0.25, 0.3) is 0 Å². The van der Waals surface area contributed by atoms with Crippen molar-refractivity contribution in [1.29, 1.82) is 0 Å². The second kappa shape index (κ2) is 10.8. The van der Waals surface area contributed by atoms with Gasteiger partial charge in [0, 0.05) is 18.8 Å². The van der Waals surface area contributed by atoms with Crippen LogP contribution < -0.4 is 5.32 Å². The number of para-hydroxylation sites is 1.